The van der Waals surface area contributed by atoms with E-state index in [0.717, 1.165) is 0 Å². The second-order valence-electron chi connectivity index (χ2n) is 8.49. The molecule has 1 atom stereocenters. The van der Waals surface area contributed by atoms with Crippen LogP contribution in [0.4, 0.5) is 14.5 Å². The lowest BCUT2D eigenvalue weighted by atomic mass is 10.1. The number of hydrogen-bond acceptors (Lipinski definition) is 7. The van der Waals surface area contributed by atoms with Gasteiger partial charge in [-0.05, 0) is 55.9 Å². The van der Waals surface area contributed by atoms with E-state index in [1.54, 1.807) is 19.1 Å². The summed E-state index contributed by atoms with van der Waals surface area (Å²) in [6, 6.07) is 10.3. The van der Waals surface area contributed by atoms with Crippen LogP contribution in [0.25, 0.3) is 22.4 Å². The van der Waals surface area contributed by atoms with Crippen molar-refractivity contribution in [2.24, 2.45) is 0 Å². The maximum atomic E-state index is 14.4. The standard InChI is InChI=1S/C23H20Cl2F2N6O3S/c1-12-19-21(32-31-12)29-20(30-22(19)36-18-8-9-28-11-23(18,26)27)13-2-5-15(6-3-13)33-37(34,35)17-10-14(24)4-7-16(17)25/h2-7,10,18,28,33H,8-9,11H2,1H3,(H,29,30,31,32). The molecule has 1 unspecified atom stereocenters. The SMILES string of the molecule is Cc1[nH]nc2nc(-c3ccc(NS(=O)(=O)c4cc(Cl)ccc4Cl)cc3)nc(OC3CCNCC3(F)F)c12. The number of sulfonamides is 1. The fraction of sp³-hybridized carbons (Fsp3) is 0.261. The van der Waals surface area contributed by atoms with Crippen LogP contribution in [-0.4, -0.2) is 53.7 Å². The molecule has 0 amide bonds. The highest BCUT2D eigenvalue weighted by atomic mass is 35.5. The van der Waals surface area contributed by atoms with E-state index in [1.165, 1.54) is 30.3 Å². The number of H-pyrrole nitrogens is 1. The smallest absolute Gasteiger partial charge is 0.296 e. The zero-order valence-electron chi connectivity index (χ0n) is 19.2. The van der Waals surface area contributed by atoms with E-state index < -0.39 is 28.6 Å². The molecule has 0 radical (unpaired) electrons. The number of rotatable bonds is 6. The van der Waals surface area contributed by atoms with Crippen molar-refractivity contribution >= 4 is 49.9 Å². The van der Waals surface area contributed by atoms with E-state index in [1.807, 2.05) is 0 Å². The van der Waals surface area contributed by atoms with Crippen molar-refractivity contribution in [2.45, 2.75) is 30.3 Å². The van der Waals surface area contributed by atoms with Gasteiger partial charge in [-0.2, -0.15) is 10.1 Å². The average molecular weight is 569 g/mol. The van der Waals surface area contributed by atoms with Gasteiger partial charge in [0.05, 0.1) is 11.6 Å². The summed E-state index contributed by atoms with van der Waals surface area (Å²) in [4.78, 5) is 8.68. The van der Waals surface area contributed by atoms with Gasteiger partial charge >= 0.3 is 0 Å². The summed E-state index contributed by atoms with van der Waals surface area (Å²) in [7, 11) is -4.01. The number of piperidine rings is 1. The minimum atomic E-state index is -4.01. The molecule has 1 fully saturated rings. The molecule has 3 heterocycles. The Hall–Kier alpha value is -3.06. The second-order valence-corrected chi connectivity index (χ2v) is 11.0. The first-order valence-electron chi connectivity index (χ1n) is 11.1. The number of hydrogen-bond donors (Lipinski definition) is 3. The van der Waals surface area contributed by atoms with E-state index in [0.29, 0.717) is 23.2 Å². The molecule has 37 heavy (non-hydrogen) atoms. The Labute approximate surface area is 220 Å². The van der Waals surface area contributed by atoms with Crippen molar-refractivity contribution in [2.75, 3.05) is 17.8 Å². The van der Waals surface area contributed by atoms with Gasteiger partial charge in [-0.3, -0.25) is 9.82 Å². The summed E-state index contributed by atoms with van der Waals surface area (Å²) in [5.41, 5.74) is 1.59. The highest BCUT2D eigenvalue weighted by molar-refractivity contribution is 7.92. The van der Waals surface area contributed by atoms with Gasteiger partial charge in [0.2, 0.25) is 5.88 Å². The van der Waals surface area contributed by atoms with E-state index in [9.17, 15) is 17.2 Å². The molecule has 3 N–H and O–H groups in total. The molecule has 0 bridgehead atoms. The van der Waals surface area contributed by atoms with Crippen LogP contribution in [0.5, 0.6) is 5.88 Å². The number of nitrogens with one attached hydrogen (secondary N) is 3. The molecule has 0 aliphatic carbocycles. The van der Waals surface area contributed by atoms with Gasteiger partial charge in [-0.1, -0.05) is 23.2 Å². The predicted octanol–water partition coefficient (Wildman–Crippen LogP) is 4.81. The molecular formula is C23H20Cl2F2N6O3S. The number of halogens is 4. The zero-order valence-corrected chi connectivity index (χ0v) is 21.6. The summed E-state index contributed by atoms with van der Waals surface area (Å²) in [6.07, 6.45) is -1.25. The number of alkyl halides is 2. The highest BCUT2D eigenvalue weighted by Crippen LogP contribution is 2.33. The molecule has 4 aromatic rings. The van der Waals surface area contributed by atoms with Gasteiger partial charge in [0.1, 0.15) is 10.3 Å². The van der Waals surface area contributed by atoms with E-state index >= 15 is 0 Å². The van der Waals surface area contributed by atoms with Crippen molar-refractivity contribution < 1.29 is 21.9 Å². The quantitative estimate of drug-likeness (QED) is 0.305. The van der Waals surface area contributed by atoms with Crippen LogP contribution in [0.15, 0.2) is 47.4 Å². The Kier molecular flexibility index (Phi) is 6.69. The fourth-order valence-electron chi connectivity index (χ4n) is 3.92. The number of nitrogens with zero attached hydrogens (tertiary/aromatic N) is 3. The molecule has 14 heteroatoms. The van der Waals surface area contributed by atoms with Gasteiger partial charge < -0.3 is 10.1 Å². The van der Waals surface area contributed by atoms with Crippen LogP contribution in [-0.2, 0) is 10.0 Å². The molecule has 9 nitrogen and oxygen atoms in total. The number of aryl methyl sites for hydroxylation is 1. The third-order valence-corrected chi connectivity index (χ3v) is 7.91. The molecule has 1 aliphatic heterocycles. The monoisotopic (exact) mass is 568 g/mol. The molecule has 0 spiro atoms. The third-order valence-electron chi connectivity index (χ3n) is 5.81. The lowest BCUT2D eigenvalue weighted by Crippen LogP contribution is -2.52. The van der Waals surface area contributed by atoms with Crippen molar-refractivity contribution in [3.63, 3.8) is 0 Å². The molecule has 2 aromatic carbocycles. The Morgan fingerprint density at radius 2 is 1.89 bits per heavy atom. The number of benzene rings is 2. The summed E-state index contributed by atoms with van der Waals surface area (Å²) < 4.78 is 62.6. The number of ether oxygens (including phenoxy) is 1. The van der Waals surface area contributed by atoms with Gasteiger partial charge in [-0.25, -0.2) is 22.2 Å². The molecule has 1 aliphatic rings. The first kappa shape index (κ1) is 25.6. The average Bonchev–Trinajstić information content (AvgIpc) is 3.23. The predicted molar refractivity (Wildman–Crippen MR) is 136 cm³/mol. The second kappa shape index (κ2) is 9.67. The Balaban J connectivity index is 1.45. The van der Waals surface area contributed by atoms with Gasteiger partial charge in [0.25, 0.3) is 15.9 Å². The maximum absolute atomic E-state index is 14.4. The number of aromatic nitrogens is 4. The minimum absolute atomic E-state index is 0.00166. The molecule has 5 rings (SSSR count). The van der Waals surface area contributed by atoms with Crippen LogP contribution in [0.1, 0.15) is 12.1 Å². The van der Waals surface area contributed by atoms with E-state index in [2.05, 4.69) is 30.2 Å². The summed E-state index contributed by atoms with van der Waals surface area (Å²) >= 11 is 12.0. The molecule has 1 saturated heterocycles. The third kappa shape index (κ3) is 5.19. The lowest BCUT2D eigenvalue weighted by Gasteiger charge is -2.31. The Bertz CT molecular complexity index is 1580. The van der Waals surface area contributed by atoms with Crippen LogP contribution < -0.4 is 14.8 Å². The zero-order chi connectivity index (χ0) is 26.4. The van der Waals surface area contributed by atoms with Crippen LogP contribution in [0.3, 0.4) is 0 Å². The van der Waals surface area contributed by atoms with Crippen molar-refractivity contribution in [3.8, 4) is 17.3 Å². The fourth-order valence-corrected chi connectivity index (χ4v) is 5.74. The summed E-state index contributed by atoms with van der Waals surface area (Å²) in [6.45, 7) is 1.63. The lowest BCUT2D eigenvalue weighted by molar-refractivity contribution is -0.109. The Morgan fingerprint density at radius 3 is 2.62 bits per heavy atom. The number of fused-ring (bicyclic) bond motifs is 1. The van der Waals surface area contributed by atoms with Crippen LogP contribution in [0.2, 0.25) is 10.0 Å². The first-order chi connectivity index (χ1) is 17.5. The molecule has 194 valence electrons. The van der Waals surface area contributed by atoms with Crippen molar-refractivity contribution in [1.29, 1.82) is 0 Å². The topological polar surface area (TPSA) is 122 Å². The highest BCUT2D eigenvalue weighted by Gasteiger charge is 2.44. The van der Waals surface area contributed by atoms with Crippen LogP contribution in [0, 0.1) is 6.92 Å². The van der Waals surface area contributed by atoms with Crippen molar-refractivity contribution in [3.05, 3.63) is 58.2 Å². The van der Waals surface area contributed by atoms with Crippen molar-refractivity contribution in [1.82, 2.24) is 25.5 Å². The minimum Gasteiger partial charge on any atom is -0.467 e. The van der Waals surface area contributed by atoms with E-state index in [-0.39, 0.29) is 44.4 Å². The van der Waals surface area contributed by atoms with Gasteiger partial charge in [-0.15, -0.1) is 0 Å². The normalized spacial score (nSPS) is 17.6. The molecular weight excluding hydrogens is 549 g/mol. The first-order valence-corrected chi connectivity index (χ1v) is 13.3. The van der Waals surface area contributed by atoms with Crippen LogP contribution >= 0.6 is 23.2 Å². The Morgan fingerprint density at radius 1 is 1.14 bits per heavy atom. The summed E-state index contributed by atoms with van der Waals surface area (Å²) in [5.74, 6) is -2.89. The largest absolute Gasteiger partial charge is 0.467 e. The molecule has 0 saturated carbocycles. The maximum Gasteiger partial charge on any atom is 0.296 e. The molecule has 2 aromatic heterocycles. The van der Waals surface area contributed by atoms with Gasteiger partial charge in [0, 0.05) is 28.4 Å². The number of aromatic amines is 1. The van der Waals surface area contributed by atoms with E-state index in [4.69, 9.17) is 27.9 Å². The summed E-state index contributed by atoms with van der Waals surface area (Å²) in [5, 5.41) is 10.3. The number of anilines is 1. The van der Waals surface area contributed by atoms with Gasteiger partial charge in [0.15, 0.2) is 17.6 Å².